The molecule has 1 aliphatic carbocycles. The Bertz CT molecular complexity index is 938. The molecule has 1 aromatic heterocycles. The van der Waals surface area contributed by atoms with Crippen LogP contribution in [0.15, 0.2) is 16.6 Å². The number of nitrogens with one attached hydrogen (secondary N) is 1. The van der Waals surface area contributed by atoms with Crippen LogP contribution in [0.2, 0.25) is 0 Å². The number of carboxylic acids is 1. The van der Waals surface area contributed by atoms with Crippen LogP contribution >= 0.6 is 0 Å². The summed E-state index contributed by atoms with van der Waals surface area (Å²) in [7, 11) is 1.60. The molecule has 0 spiro atoms. The Hall–Kier alpha value is -2.76. The van der Waals surface area contributed by atoms with Gasteiger partial charge in [0.15, 0.2) is 0 Å². The van der Waals surface area contributed by atoms with E-state index >= 15 is 0 Å². The summed E-state index contributed by atoms with van der Waals surface area (Å²) >= 11 is 0. The van der Waals surface area contributed by atoms with E-state index in [-0.39, 0.29) is 0 Å². The second-order valence-electron chi connectivity index (χ2n) is 7.07. The summed E-state index contributed by atoms with van der Waals surface area (Å²) in [5, 5.41) is 12.5. The molecule has 6 heteroatoms. The number of aliphatic carboxylic acids is 1. The molecule has 3 rings (SSSR count). The lowest BCUT2D eigenvalue weighted by atomic mass is 9.93. The number of rotatable bonds is 5. The predicted octanol–water partition coefficient (Wildman–Crippen LogP) is 3.62. The van der Waals surface area contributed by atoms with E-state index in [1.54, 1.807) is 7.11 Å². The van der Waals surface area contributed by atoms with Gasteiger partial charge in [0.05, 0.1) is 7.11 Å². The van der Waals surface area contributed by atoms with Crippen molar-refractivity contribution < 1.29 is 23.8 Å². The highest BCUT2D eigenvalue weighted by atomic mass is 16.5. The molecule has 0 saturated heterocycles. The normalized spacial score (nSPS) is 15.3. The van der Waals surface area contributed by atoms with E-state index in [1.165, 1.54) is 18.6 Å². The Morgan fingerprint density at radius 3 is 2.70 bits per heavy atom. The molecule has 1 unspecified atom stereocenters. The molecule has 0 fully saturated rings. The van der Waals surface area contributed by atoms with Gasteiger partial charge in [0.1, 0.15) is 23.1 Å². The maximum Gasteiger partial charge on any atom is 0.325 e. The number of methoxy groups -OCH3 is 1. The third-order valence-corrected chi connectivity index (χ3v) is 5.13. The van der Waals surface area contributed by atoms with Crippen LogP contribution in [-0.4, -0.2) is 30.1 Å². The van der Waals surface area contributed by atoms with Crippen molar-refractivity contribution in [3.05, 3.63) is 34.6 Å². The third-order valence-electron chi connectivity index (χ3n) is 5.13. The minimum atomic E-state index is -1.07. The summed E-state index contributed by atoms with van der Waals surface area (Å²) in [5.41, 5.74) is 4.53. The molecule has 1 atom stereocenters. The number of ether oxygens (including phenoxy) is 1. The van der Waals surface area contributed by atoms with Gasteiger partial charge in [-0.3, -0.25) is 9.59 Å². The molecule has 2 N–H and O–H groups in total. The van der Waals surface area contributed by atoms with E-state index in [2.05, 4.69) is 5.32 Å². The molecular weight excluding hydrogens is 346 g/mol. The number of aryl methyl sites for hydroxylation is 3. The van der Waals surface area contributed by atoms with Gasteiger partial charge < -0.3 is 19.6 Å². The van der Waals surface area contributed by atoms with Crippen molar-refractivity contribution in [3.63, 3.8) is 0 Å². The quantitative estimate of drug-likeness (QED) is 0.784. The maximum atomic E-state index is 12.2. The van der Waals surface area contributed by atoms with Crippen LogP contribution in [0.3, 0.4) is 0 Å². The van der Waals surface area contributed by atoms with Gasteiger partial charge >= 0.3 is 5.97 Å². The molecule has 0 aliphatic heterocycles. The van der Waals surface area contributed by atoms with Crippen LogP contribution in [0, 0.1) is 6.92 Å². The largest absolute Gasteiger partial charge is 0.496 e. The predicted molar refractivity (Wildman–Crippen MR) is 103 cm³/mol. The summed E-state index contributed by atoms with van der Waals surface area (Å²) in [5.74, 6) is 0.195. The molecule has 0 radical (unpaired) electrons. The maximum absolute atomic E-state index is 12.2. The Morgan fingerprint density at radius 2 is 2.04 bits per heavy atom. The summed E-state index contributed by atoms with van der Waals surface area (Å²) < 4.78 is 11.7. The minimum absolute atomic E-state index is 0.448. The van der Waals surface area contributed by atoms with E-state index in [1.807, 2.05) is 19.9 Å². The number of allylic oxidation sites excluding steroid dienone is 1. The van der Waals surface area contributed by atoms with Gasteiger partial charge in [0, 0.05) is 34.6 Å². The van der Waals surface area contributed by atoms with E-state index in [0.29, 0.717) is 11.3 Å². The number of carbonyl (C=O) groups is 2. The lowest BCUT2D eigenvalue weighted by Gasteiger charge is -2.14. The van der Waals surface area contributed by atoms with Crippen molar-refractivity contribution >= 4 is 28.4 Å². The zero-order valence-electron chi connectivity index (χ0n) is 16.1. The van der Waals surface area contributed by atoms with Gasteiger partial charge in [-0.1, -0.05) is 0 Å². The highest BCUT2D eigenvalue weighted by Crippen LogP contribution is 2.40. The molecule has 1 aliphatic rings. The fourth-order valence-electron chi connectivity index (χ4n) is 3.68. The van der Waals surface area contributed by atoms with Crippen LogP contribution in [-0.2, 0) is 22.4 Å². The number of hydrogen-bond acceptors (Lipinski definition) is 4. The fourth-order valence-corrected chi connectivity index (χ4v) is 3.68. The molecule has 1 amide bonds. The molecule has 1 heterocycles. The van der Waals surface area contributed by atoms with Gasteiger partial charge in [-0.25, -0.2) is 0 Å². The first-order chi connectivity index (χ1) is 12.8. The SMILES string of the molecule is COc1c(/C(C)=C/C(=O)NC(C)C(=O)O)cc2c3c(oc2c1C)CCCC3. The van der Waals surface area contributed by atoms with Crippen molar-refractivity contribution in [1.29, 1.82) is 0 Å². The van der Waals surface area contributed by atoms with Crippen LogP contribution in [0.4, 0.5) is 0 Å². The fraction of sp³-hybridized carbons (Fsp3) is 0.429. The first-order valence-corrected chi connectivity index (χ1v) is 9.17. The van der Waals surface area contributed by atoms with Crippen LogP contribution in [0.5, 0.6) is 5.75 Å². The molecular formula is C21H25NO5. The van der Waals surface area contributed by atoms with Gasteiger partial charge in [-0.15, -0.1) is 0 Å². The molecule has 6 nitrogen and oxygen atoms in total. The lowest BCUT2D eigenvalue weighted by molar-refractivity contribution is -0.140. The van der Waals surface area contributed by atoms with E-state index in [0.717, 1.165) is 53.5 Å². The highest BCUT2D eigenvalue weighted by molar-refractivity contribution is 5.99. The third kappa shape index (κ3) is 3.56. The summed E-state index contributed by atoms with van der Waals surface area (Å²) in [6.45, 7) is 5.21. The molecule has 1 aromatic carbocycles. The number of amides is 1. The molecule has 2 aromatic rings. The molecule has 144 valence electrons. The first-order valence-electron chi connectivity index (χ1n) is 9.17. The summed E-state index contributed by atoms with van der Waals surface area (Å²) in [6.07, 6.45) is 5.64. The Morgan fingerprint density at radius 1 is 1.33 bits per heavy atom. The van der Waals surface area contributed by atoms with Gasteiger partial charge in [-0.2, -0.15) is 0 Å². The zero-order valence-corrected chi connectivity index (χ0v) is 16.1. The molecule has 0 saturated carbocycles. The minimum Gasteiger partial charge on any atom is -0.496 e. The van der Waals surface area contributed by atoms with E-state index < -0.39 is 17.9 Å². The van der Waals surface area contributed by atoms with Crippen molar-refractivity contribution in [2.75, 3.05) is 7.11 Å². The van der Waals surface area contributed by atoms with Gasteiger partial charge in [0.25, 0.3) is 0 Å². The number of hydrogen-bond donors (Lipinski definition) is 2. The second-order valence-corrected chi connectivity index (χ2v) is 7.07. The number of furan rings is 1. The monoisotopic (exact) mass is 371 g/mol. The van der Waals surface area contributed by atoms with Crippen molar-refractivity contribution in [1.82, 2.24) is 5.32 Å². The van der Waals surface area contributed by atoms with Crippen LogP contribution in [0.1, 0.15) is 49.1 Å². The Kier molecular flexibility index (Phi) is 5.26. The number of carbonyl (C=O) groups excluding carboxylic acids is 1. The summed E-state index contributed by atoms with van der Waals surface area (Å²) in [6, 6.07) is 1.07. The van der Waals surface area contributed by atoms with Crippen LogP contribution < -0.4 is 10.1 Å². The van der Waals surface area contributed by atoms with Crippen molar-refractivity contribution in [2.45, 2.75) is 52.5 Å². The average Bonchev–Trinajstić information content (AvgIpc) is 3.00. The zero-order chi connectivity index (χ0) is 19.7. The number of benzene rings is 1. The second kappa shape index (κ2) is 7.47. The van der Waals surface area contributed by atoms with Crippen molar-refractivity contribution in [3.8, 4) is 5.75 Å². The first kappa shape index (κ1) is 19.0. The standard InChI is InChI=1S/C21H25NO5/c1-11(9-18(23)22-13(3)21(24)25)15-10-16-14-7-5-6-8-17(14)27-20(16)12(2)19(15)26-4/h9-10,13H,5-8H2,1-4H3,(H,22,23)(H,24,25)/b11-9+. The number of fused-ring (bicyclic) bond motifs is 3. The van der Waals surface area contributed by atoms with Crippen molar-refractivity contribution in [2.24, 2.45) is 0 Å². The highest BCUT2D eigenvalue weighted by Gasteiger charge is 2.23. The Labute approximate surface area is 158 Å². The summed E-state index contributed by atoms with van der Waals surface area (Å²) in [4.78, 5) is 23.1. The average molecular weight is 371 g/mol. The van der Waals surface area contributed by atoms with E-state index in [4.69, 9.17) is 14.3 Å². The topological polar surface area (TPSA) is 88.8 Å². The van der Waals surface area contributed by atoms with Gasteiger partial charge in [-0.05, 0) is 51.7 Å². The lowest BCUT2D eigenvalue weighted by Crippen LogP contribution is -2.37. The van der Waals surface area contributed by atoms with Crippen LogP contribution in [0.25, 0.3) is 16.5 Å². The van der Waals surface area contributed by atoms with Gasteiger partial charge in [0.2, 0.25) is 5.91 Å². The number of carboxylic acid groups (broad SMARTS) is 1. The Balaban J connectivity index is 2.06. The molecule has 27 heavy (non-hydrogen) atoms. The molecule has 0 bridgehead atoms. The smallest absolute Gasteiger partial charge is 0.325 e. The van der Waals surface area contributed by atoms with E-state index in [9.17, 15) is 9.59 Å².